The molecule has 1 aromatic heterocycles. The highest BCUT2D eigenvalue weighted by molar-refractivity contribution is 6.45. The van der Waals surface area contributed by atoms with Gasteiger partial charge in [0, 0.05) is 24.5 Å². The second kappa shape index (κ2) is 13.1. The number of likely N-dealkylation sites (tertiary alicyclic amines) is 1. The van der Waals surface area contributed by atoms with Gasteiger partial charge in [0.1, 0.15) is 18.3 Å². The molecule has 2 aromatic carbocycles. The number of piperazine rings is 1. The molecule has 0 spiro atoms. The predicted octanol–water partition coefficient (Wildman–Crippen LogP) is 1.01. The van der Waals surface area contributed by atoms with Gasteiger partial charge in [-0.1, -0.05) is 12.1 Å². The van der Waals surface area contributed by atoms with Crippen molar-refractivity contribution >= 4 is 34.6 Å². The molecule has 1 unspecified atom stereocenters. The number of rotatable bonds is 7. The Morgan fingerprint density at radius 2 is 1.58 bits per heavy atom. The van der Waals surface area contributed by atoms with Gasteiger partial charge >= 0.3 is 6.09 Å². The Hall–Kier alpha value is -4.77. The minimum atomic E-state index is -1.73. The fourth-order valence-electron chi connectivity index (χ4n) is 5.71. The van der Waals surface area contributed by atoms with Gasteiger partial charge < -0.3 is 40.0 Å². The average molecular weight is 631 g/mol. The number of carbonyl (C=O) groups is 4. The molecule has 0 saturated carbocycles. The zero-order valence-electron chi connectivity index (χ0n) is 23.8. The van der Waals surface area contributed by atoms with Gasteiger partial charge in [-0.2, -0.15) is 4.73 Å². The first-order valence-electron chi connectivity index (χ1n) is 14.0. The zero-order chi connectivity index (χ0) is 32.4. The van der Waals surface area contributed by atoms with Crippen LogP contribution >= 0.6 is 0 Å². The minimum Gasteiger partial charge on any atom is -0.428 e. The molecular formula is C29H31FN4O11. The molecule has 2 aliphatic rings. The van der Waals surface area contributed by atoms with Crippen molar-refractivity contribution in [3.05, 3.63) is 65.1 Å². The second-order valence-corrected chi connectivity index (χ2v) is 10.8. The maximum Gasteiger partial charge on any atom is 0.414 e. The van der Waals surface area contributed by atoms with E-state index in [-0.39, 0.29) is 39.5 Å². The number of aromatic nitrogens is 1. The first-order chi connectivity index (χ1) is 21.5. The van der Waals surface area contributed by atoms with E-state index in [1.54, 1.807) is 17.0 Å². The molecule has 0 bridgehead atoms. The third-order valence-electron chi connectivity index (χ3n) is 8.12. The first-order valence-corrected chi connectivity index (χ1v) is 14.0. The third-order valence-corrected chi connectivity index (χ3v) is 8.12. The molecule has 0 radical (unpaired) electrons. The summed E-state index contributed by atoms with van der Waals surface area (Å²) >= 11 is 0. The van der Waals surface area contributed by atoms with Crippen LogP contribution in [-0.4, -0.2) is 114 Å². The van der Waals surface area contributed by atoms with Crippen molar-refractivity contribution in [2.45, 2.75) is 31.7 Å². The van der Waals surface area contributed by atoms with Crippen LogP contribution in [0.3, 0.4) is 0 Å². The number of ether oxygens (including phenoxy) is 1. The van der Waals surface area contributed by atoms with Crippen LogP contribution in [0.2, 0.25) is 0 Å². The van der Waals surface area contributed by atoms with Crippen molar-refractivity contribution in [3.8, 4) is 5.75 Å². The number of amides is 3. The highest BCUT2D eigenvalue weighted by Gasteiger charge is 2.40. The topological polar surface area (TPSA) is 203 Å². The van der Waals surface area contributed by atoms with Crippen molar-refractivity contribution in [1.29, 1.82) is 0 Å². The van der Waals surface area contributed by atoms with Crippen molar-refractivity contribution in [1.82, 2.24) is 19.4 Å². The number of fused-ring (bicyclic) bond motifs is 1. The first kappa shape index (κ1) is 31.6. The number of nitrogens with zero attached hydrogens (tertiary/aromatic N) is 4. The van der Waals surface area contributed by atoms with Crippen LogP contribution in [0.25, 0.3) is 10.9 Å². The third kappa shape index (κ3) is 6.39. The van der Waals surface area contributed by atoms with E-state index in [1.807, 2.05) is 0 Å². The van der Waals surface area contributed by atoms with Crippen LogP contribution in [0.15, 0.2) is 42.6 Å². The Morgan fingerprint density at radius 3 is 2.22 bits per heavy atom. The van der Waals surface area contributed by atoms with Crippen molar-refractivity contribution in [2.24, 2.45) is 5.92 Å². The number of piperidine rings is 1. The number of aliphatic hydroxyl groups is 3. The highest BCUT2D eigenvalue weighted by Crippen LogP contribution is 2.32. The van der Waals surface area contributed by atoms with Crippen molar-refractivity contribution in [2.75, 3.05) is 33.0 Å². The van der Waals surface area contributed by atoms with E-state index in [0.717, 1.165) is 24.2 Å². The van der Waals surface area contributed by atoms with Gasteiger partial charge in [-0.25, -0.2) is 14.4 Å². The lowest BCUT2D eigenvalue weighted by molar-refractivity contribution is -0.159. The zero-order valence-corrected chi connectivity index (χ0v) is 23.8. The summed E-state index contributed by atoms with van der Waals surface area (Å²) in [5.74, 6) is -3.37. The summed E-state index contributed by atoms with van der Waals surface area (Å²) in [5.41, 5.74) is 0.414. The Kier molecular flexibility index (Phi) is 9.19. The number of Topliss-reactive ketones (excluding diaryl/α,β-unsaturated/α-hetero) is 1. The Morgan fingerprint density at radius 1 is 0.933 bits per heavy atom. The summed E-state index contributed by atoms with van der Waals surface area (Å²) in [6.07, 6.45) is -1.60. The van der Waals surface area contributed by atoms with Gasteiger partial charge in [0.05, 0.1) is 35.9 Å². The summed E-state index contributed by atoms with van der Waals surface area (Å²) in [4.78, 5) is 59.2. The van der Waals surface area contributed by atoms with E-state index in [9.17, 15) is 44.2 Å². The molecule has 16 heteroatoms. The number of β-amino-alcohol motifs (C(OH)–C–C–N with tert-alkyl or cyclic N) is 2. The van der Waals surface area contributed by atoms with E-state index in [0.29, 0.717) is 40.5 Å². The quantitative estimate of drug-likeness (QED) is 0.0623. The molecule has 15 nitrogen and oxygen atoms in total. The minimum absolute atomic E-state index is 0.0357. The standard InChI is InChI=1S/C29H31FN4O11/c30-18-3-1-16(2-4-18)9-17-5-7-31(8-6-17)27(39)20-10-19-21(12-34(42)22(19)11-23(20)45-43)26(38)28(40)32-13-25(37)33(14-24(32)36)29(41)44-15-35/h1-4,10-12,17,24-25,35-37,42-43H,5-9,13-15H2/t24?,25-/m1/s1. The molecule has 2 saturated heterocycles. The molecular weight excluding hydrogens is 599 g/mol. The molecule has 5 rings (SSSR count). The summed E-state index contributed by atoms with van der Waals surface area (Å²) < 4.78 is 18.1. The lowest BCUT2D eigenvalue weighted by Gasteiger charge is -2.40. The number of ketones is 1. The number of hydrogen-bond acceptors (Lipinski definition) is 11. The van der Waals surface area contributed by atoms with Gasteiger partial charge in [0.25, 0.3) is 17.6 Å². The smallest absolute Gasteiger partial charge is 0.414 e. The van der Waals surface area contributed by atoms with Gasteiger partial charge in [-0.05, 0) is 48.9 Å². The molecule has 3 aromatic rings. The number of aliphatic hydroxyl groups excluding tert-OH is 3. The van der Waals surface area contributed by atoms with E-state index in [2.05, 4.69) is 9.62 Å². The number of halogens is 1. The summed E-state index contributed by atoms with van der Waals surface area (Å²) in [6, 6.07) is 8.57. The molecule has 2 aliphatic heterocycles. The van der Waals surface area contributed by atoms with E-state index >= 15 is 0 Å². The van der Waals surface area contributed by atoms with Crippen LogP contribution in [0.5, 0.6) is 5.75 Å². The molecule has 2 fully saturated rings. The maximum absolute atomic E-state index is 13.6. The lowest BCUT2D eigenvalue weighted by atomic mass is 9.90. The molecule has 3 amide bonds. The van der Waals surface area contributed by atoms with Gasteiger partial charge in [-0.15, -0.1) is 0 Å². The normalized spacial score (nSPS) is 19.1. The number of benzene rings is 2. The van der Waals surface area contributed by atoms with E-state index in [1.165, 1.54) is 18.2 Å². The molecule has 5 N–H and O–H groups in total. The number of carbonyl (C=O) groups excluding carboxylic acids is 4. The van der Waals surface area contributed by atoms with Gasteiger partial charge in [0.15, 0.2) is 12.5 Å². The van der Waals surface area contributed by atoms with Crippen molar-refractivity contribution in [3.63, 3.8) is 0 Å². The summed E-state index contributed by atoms with van der Waals surface area (Å²) in [5, 5.41) is 49.5. The van der Waals surface area contributed by atoms with Crippen LogP contribution < -0.4 is 4.89 Å². The van der Waals surface area contributed by atoms with E-state index in [4.69, 9.17) is 5.11 Å². The van der Waals surface area contributed by atoms with E-state index < -0.39 is 56.0 Å². The predicted molar refractivity (Wildman–Crippen MR) is 149 cm³/mol. The van der Waals surface area contributed by atoms with Crippen LogP contribution in [-0.2, 0) is 16.0 Å². The Labute approximate surface area is 254 Å². The fourth-order valence-corrected chi connectivity index (χ4v) is 5.71. The van der Waals surface area contributed by atoms with Crippen molar-refractivity contribution < 1.29 is 59.0 Å². The number of hydrogen-bond donors (Lipinski definition) is 5. The SMILES string of the molecule is O=C(C(=O)N1C[C@@H](O)N(C(=O)OCO)CC1O)c1cn(O)c2cc(OO)c(C(=O)N3CCC(Cc4ccc(F)cc4)CC3)cc12. The Balaban J connectivity index is 1.34. The summed E-state index contributed by atoms with van der Waals surface area (Å²) in [6.45, 7) is -1.54. The van der Waals surface area contributed by atoms with Crippen LogP contribution in [0.4, 0.5) is 9.18 Å². The molecule has 45 heavy (non-hydrogen) atoms. The largest absolute Gasteiger partial charge is 0.428 e. The maximum atomic E-state index is 13.6. The Bertz CT molecular complexity index is 1600. The molecule has 2 atom stereocenters. The van der Waals surface area contributed by atoms with Crippen LogP contribution in [0, 0.1) is 11.7 Å². The van der Waals surface area contributed by atoms with Gasteiger partial charge in [0.2, 0.25) is 0 Å². The summed E-state index contributed by atoms with van der Waals surface area (Å²) in [7, 11) is 0. The molecule has 240 valence electrons. The fraction of sp³-hybridized carbons (Fsp3) is 0.379. The average Bonchev–Trinajstić information content (AvgIpc) is 3.36. The lowest BCUT2D eigenvalue weighted by Crippen LogP contribution is -2.62. The van der Waals surface area contributed by atoms with Crippen LogP contribution in [0.1, 0.15) is 39.1 Å². The monoisotopic (exact) mass is 630 g/mol. The second-order valence-electron chi connectivity index (χ2n) is 10.8. The van der Waals surface area contributed by atoms with Gasteiger partial charge in [-0.3, -0.25) is 19.3 Å². The molecule has 0 aliphatic carbocycles. The molecule has 3 heterocycles. The highest BCUT2D eigenvalue weighted by atomic mass is 19.1.